The van der Waals surface area contributed by atoms with Crippen LogP contribution in [0.25, 0.3) is 11.0 Å². The van der Waals surface area contributed by atoms with E-state index in [2.05, 4.69) is 15.2 Å². The van der Waals surface area contributed by atoms with Gasteiger partial charge in [-0.3, -0.25) is 14.7 Å². The molecule has 2 aromatic rings. The maximum atomic E-state index is 11.6. The largest absolute Gasteiger partial charge is 0.280 e. The van der Waals surface area contributed by atoms with Crippen LogP contribution in [0.5, 0.6) is 0 Å². The molecule has 0 aliphatic rings. The number of aromatic nitrogens is 3. The summed E-state index contributed by atoms with van der Waals surface area (Å²) in [6, 6.07) is 1.69. The predicted octanol–water partition coefficient (Wildman–Crippen LogP) is 1.47. The van der Waals surface area contributed by atoms with Crippen LogP contribution in [-0.4, -0.2) is 27.0 Å². The van der Waals surface area contributed by atoms with Gasteiger partial charge in [-0.2, -0.15) is 5.10 Å². The molecular formula is C12H14N4O2. The van der Waals surface area contributed by atoms with Gasteiger partial charge in [0.05, 0.1) is 11.4 Å². The molecule has 0 unspecified atom stereocenters. The quantitative estimate of drug-likeness (QED) is 0.826. The van der Waals surface area contributed by atoms with Gasteiger partial charge < -0.3 is 0 Å². The third-order valence-corrected chi connectivity index (χ3v) is 2.66. The highest BCUT2D eigenvalue weighted by atomic mass is 16.2. The summed E-state index contributed by atoms with van der Waals surface area (Å²) in [6.45, 7) is 6.36. The number of anilines is 1. The molecule has 0 saturated heterocycles. The van der Waals surface area contributed by atoms with Gasteiger partial charge in [0.25, 0.3) is 0 Å². The number of nitrogens with zero attached hydrogens (tertiary/aromatic N) is 3. The number of rotatable bonds is 1. The van der Waals surface area contributed by atoms with Crippen LogP contribution in [0.2, 0.25) is 0 Å². The zero-order valence-electron chi connectivity index (χ0n) is 10.7. The molecule has 1 N–H and O–H groups in total. The molecule has 18 heavy (non-hydrogen) atoms. The molecule has 0 fully saturated rings. The molecule has 2 rings (SSSR count). The Morgan fingerprint density at radius 2 is 1.78 bits per heavy atom. The van der Waals surface area contributed by atoms with Gasteiger partial charge in [0.2, 0.25) is 11.8 Å². The van der Waals surface area contributed by atoms with Crippen LogP contribution in [0.3, 0.4) is 0 Å². The van der Waals surface area contributed by atoms with Crippen LogP contribution in [-0.2, 0) is 9.59 Å². The maximum Gasteiger partial charge on any atom is 0.230 e. The number of aryl methyl sites for hydroxylation is 2. The molecule has 0 spiro atoms. The summed E-state index contributed by atoms with van der Waals surface area (Å²) in [4.78, 5) is 28.7. The topological polar surface area (TPSA) is 79.0 Å². The minimum Gasteiger partial charge on any atom is -0.280 e. The van der Waals surface area contributed by atoms with Gasteiger partial charge in [0.1, 0.15) is 11.0 Å². The van der Waals surface area contributed by atoms with Gasteiger partial charge >= 0.3 is 0 Å². The fourth-order valence-electron chi connectivity index (χ4n) is 1.94. The van der Waals surface area contributed by atoms with Gasteiger partial charge in [-0.15, -0.1) is 0 Å². The number of pyridine rings is 1. The Kier molecular flexibility index (Phi) is 2.86. The minimum absolute atomic E-state index is 0.338. The first-order chi connectivity index (χ1) is 8.41. The second-order valence-corrected chi connectivity index (χ2v) is 4.20. The van der Waals surface area contributed by atoms with Crippen molar-refractivity contribution >= 4 is 28.5 Å². The lowest BCUT2D eigenvalue weighted by Gasteiger charge is -2.17. The van der Waals surface area contributed by atoms with Crippen molar-refractivity contribution < 1.29 is 9.59 Å². The van der Waals surface area contributed by atoms with E-state index in [-0.39, 0.29) is 11.8 Å². The van der Waals surface area contributed by atoms with E-state index in [9.17, 15) is 9.59 Å². The van der Waals surface area contributed by atoms with Crippen LogP contribution >= 0.6 is 0 Å². The van der Waals surface area contributed by atoms with Crippen LogP contribution in [0.1, 0.15) is 25.2 Å². The number of amides is 2. The van der Waals surface area contributed by atoms with E-state index in [0.29, 0.717) is 16.7 Å². The van der Waals surface area contributed by atoms with Crippen LogP contribution < -0.4 is 4.90 Å². The SMILES string of the molecule is CC(=O)N(C(C)=O)c1cc(C)nc2c(C)[nH]nc12. The monoisotopic (exact) mass is 246 g/mol. The number of hydrogen-bond donors (Lipinski definition) is 1. The molecule has 0 bridgehead atoms. The third-order valence-electron chi connectivity index (χ3n) is 2.66. The second-order valence-electron chi connectivity index (χ2n) is 4.20. The van der Waals surface area contributed by atoms with Crippen LogP contribution in [0.4, 0.5) is 5.69 Å². The molecule has 0 aliphatic carbocycles. The summed E-state index contributed by atoms with van der Waals surface area (Å²) in [6.07, 6.45) is 0. The third kappa shape index (κ3) is 1.85. The first-order valence-electron chi connectivity index (χ1n) is 5.55. The minimum atomic E-state index is -0.338. The summed E-state index contributed by atoms with van der Waals surface area (Å²) in [5.74, 6) is -0.676. The number of fused-ring (bicyclic) bond motifs is 1. The van der Waals surface area contributed by atoms with Crippen molar-refractivity contribution in [1.29, 1.82) is 0 Å². The zero-order chi connectivity index (χ0) is 13.4. The van der Waals surface area contributed by atoms with Crippen molar-refractivity contribution in [1.82, 2.24) is 15.2 Å². The van der Waals surface area contributed by atoms with Crippen molar-refractivity contribution in [2.75, 3.05) is 4.90 Å². The van der Waals surface area contributed by atoms with Crippen LogP contribution in [0.15, 0.2) is 6.07 Å². The van der Waals surface area contributed by atoms with E-state index in [1.807, 2.05) is 13.8 Å². The summed E-state index contributed by atoms with van der Waals surface area (Å²) >= 11 is 0. The number of carbonyl (C=O) groups is 2. The highest BCUT2D eigenvalue weighted by Crippen LogP contribution is 2.26. The van der Waals surface area contributed by atoms with Crippen molar-refractivity contribution in [2.24, 2.45) is 0 Å². The molecule has 94 valence electrons. The highest BCUT2D eigenvalue weighted by Gasteiger charge is 2.21. The Hall–Kier alpha value is -2.24. The van der Waals surface area contributed by atoms with E-state index in [1.165, 1.54) is 13.8 Å². The Morgan fingerprint density at radius 3 is 2.33 bits per heavy atom. The summed E-state index contributed by atoms with van der Waals surface area (Å²) in [7, 11) is 0. The maximum absolute atomic E-state index is 11.6. The first-order valence-corrected chi connectivity index (χ1v) is 5.55. The molecule has 0 atom stereocenters. The molecule has 0 aromatic carbocycles. The average molecular weight is 246 g/mol. The normalized spacial score (nSPS) is 10.7. The number of carbonyl (C=O) groups excluding carboxylic acids is 2. The van der Waals surface area contributed by atoms with Gasteiger partial charge in [0.15, 0.2) is 0 Å². The summed E-state index contributed by atoms with van der Waals surface area (Å²) in [5, 5.41) is 6.93. The average Bonchev–Trinajstić information content (AvgIpc) is 2.59. The van der Waals surface area contributed by atoms with Gasteiger partial charge in [-0.05, 0) is 19.9 Å². The molecule has 2 amide bonds. The Morgan fingerprint density at radius 1 is 1.17 bits per heavy atom. The van der Waals surface area contributed by atoms with Crippen LogP contribution in [0, 0.1) is 13.8 Å². The second kappa shape index (κ2) is 4.21. The molecule has 0 aliphatic heterocycles. The number of H-pyrrole nitrogens is 1. The van der Waals surface area contributed by atoms with Gasteiger partial charge in [0, 0.05) is 19.5 Å². The molecule has 0 radical (unpaired) electrons. The van der Waals surface area contributed by atoms with E-state index in [0.717, 1.165) is 16.3 Å². The van der Waals surface area contributed by atoms with E-state index >= 15 is 0 Å². The summed E-state index contributed by atoms with van der Waals surface area (Å²) in [5.41, 5.74) is 3.22. The predicted molar refractivity (Wildman–Crippen MR) is 67.2 cm³/mol. The van der Waals surface area contributed by atoms with Crippen molar-refractivity contribution in [3.05, 3.63) is 17.5 Å². The Bertz CT molecular complexity index is 631. The Labute approximate surface area is 104 Å². The van der Waals surface area contributed by atoms with E-state index < -0.39 is 0 Å². The zero-order valence-corrected chi connectivity index (χ0v) is 10.7. The van der Waals surface area contributed by atoms with Gasteiger partial charge in [-0.25, -0.2) is 9.88 Å². The lowest BCUT2D eigenvalue weighted by atomic mass is 10.2. The first kappa shape index (κ1) is 12.2. The lowest BCUT2D eigenvalue weighted by molar-refractivity contribution is -0.124. The molecule has 0 saturated carbocycles. The van der Waals surface area contributed by atoms with E-state index in [1.54, 1.807) is 6.07 Å². The number of hydrogen-bond acceptors (Lipinski definition) is 4. The lowest BCUT2D eigenvalue weighted by Crippen LogP contribution is -2.33. The molecule has 6 nitrogen and oxygen atoms in total. The smallest absolute Gasteiger partial charge is 0.230 e. The number of nitrogens with one attached hydrogen (secondary N) is 1. The molecular weight excluding hydrogens is 232 g/mol. The molecule has 2 aromatic heterocycles. The molecule has 2 heterocycles. The van der Waals surface area contributed by atoms with Crippen molar-refractivity contribution in [3.8, 4) is 0 Å². The van der Waals surface area contributed by atoms with Crippen molar-refractivity contribution in [2.45, 2.75) is 27.7 Å². The van der Waals surface area contributed by atoms with Crippen molar-refractivity contribution in [3.63, 3.8) is 0 Å². The fraction of sp³-hybridized carbons (Fsp3) is 0.333. The number of aromatic amines is 1. The standard InChI is InChI=1S/C12H14N4O2/c1-6-5-10(16(8(3)17)9(4)18)12-11(13-6)7(2)14-15-12/h5H,1-4H3,(H,14,15). The Balaban J connectivity index is 2.76. The highest BCUT2D eigenvalue weighted by molar-refractivity contribution is 6.16. The van der Waals surface area contributed by atoms with E-state index in [4.69, 9.17) is 0 Å². The van der Waals surface area contributed by atoms with Gasteiger partial charge in [-0.1, -0.05) is 0 Å². The molecule has 6 heteroatoms. The summed E-state index contributed by atoms with van der Waals surface area (Å²) < 4.78 is 0. The fourth-order valence-corrected chi connectivity index (χ4v) is 1.94. The number of imide groups is 1.